The second-order valence-electron chi connectivity index (χ2n) is 5.63. The molecule has 0 aromatic carbocycles. The van der Waals surface area contributed by atoms with Crippen LogP contribution in [0.1, 0.15) is 32.1 Å². The molecule has 0 saturated carbocycles. The molecule has 0 radical (unpaired) electrons. The van der Waals surface area contributed by atoms with Gasteiger partial charge in [-0.1, -0.05) is 0 Å². The maximum absolute atomic E-state index is 14.1. The average molecular weight is 230 g/mol. The molecule has 3 saturated heterocycles. The SMILES string of the molecule is FC1(F)CC2CCC(N2)C1C1CCNCC1. The molecule has 0 aliphatic carbocycles. The van der Waals surface area contributed by atoms with Gasteiger partial charge in [-0.3, -0.25) is 0 Å². The molecule has 3 atom stereocenters. The zero-order valence-electron chi connectivity index (χ0n) is 9.52. The fourth-order valence-corrected chi connectivity index (χ4v) is 3.93. The lowest BCUT2D eigenvalue weighted by molar-refractivity contribution is -0.120. The highest BCUT2D eigenvalue weighted by Crippen LogP contribution is 2.47. The zero-order chi connectivity index (χ0) is 11.2. The summed E-state index contributed by atoms with van der Waals surface area (Å²) in [6.45, 7) is 1.82. The van der Waals surface area contributed by atoms with Crippen LogP contribution in [0, 0.1) is 11.8 Å². The minimum atomic E-state index is -2.43. The van der Waals surface area contributed by atoms with Crippen molar-refractivity contribution in [3.63, 3.8) is 0 Å². The molecule has 2 bridgehead atoms. The van der Waals surface area contributed by atoms with Gasteiger partial charge in [0.1, 0.15) is 0 Å². The molecule has 3 aliphatic rings. The number of piperidine rings is 2. The molecule has 2 nitrogen and oxygen atoms in total. The summed E-state index contributed by atoms with van der Waals surface area (Å²) >= 11 is 0. The molecule has 0 amide bonds. The van der Waals surface area contributed by atoms with Gasteiger partial charge in [-0.25, -0.2) is 8.78 Å². The molecule has 0 spiro atoms. The fourth-order valence-electron chi connectivity index (χ4n) is 3.93. The Labute approximate surface area is 95.2 Å². The Morgan fingerprint density at radius 3 is 2.50 bits per heavy atom. The summed E-state index contributed by atoms with van der Waals surface area (Å²) in [7, 11) is 0. The first-order chi connectivity index (χ1) is 7.67. The molecule has 16 heavy (non-hydrogen) atoms. The van der Waals surface area contributed by atoms with Crippen LogP contribution in [-0.4, -0.2) is 31.1 Å². The van der Waals surface area contributed by atoms with Gasteiger partial charge in [0.05, 0.1) is 0 Å². The lowest BCUT2D eigenvalue weighted by atomic mass is 9.74. The molecule has 3 rings (SSSR count). The van der Waals surface area contributed by atoms with E-state index in [-0.39, 0.29) is 24.4 Å². The van der Waals surface area contributed by atoms with E-state index in [1.807, 2.05) is 0 Å². The first-order valence-electron chi connectivity index (χ1n) is 6.51. The molecule has 3 unspecified atom stereocenters. The monoisotopic (exact) mass is 230 g/mol. The third-order valence-corrected chi connectivity index (χ3v) is 4.61. The summed E-state index contributed by atoms with van der Waals surface area (Å²) in [6, 6.07) is 0.162. The molecule has 0 aromatic rings. The second kappa shape index (κ2) is 3.91. The van der Waals surface area contributed by atoms with Crippen molar-refractivity contribution in [2.75, 3.05) is 13.1 Å². The van der Waals surface area contributed by atoms with E-state index in [4.69, 9.17) is 0 Å². The van der Waals surface area contributed by atoms with Crippen LogP contribution in [0.2, 0.25) is 0 Å². The summed E-state index contributed by atoms with van der Waals surface area (Å²) in [5.41, 5.74) is 0. The van der Waals surface area contributed by atoms with Crippen molar-refractivity contribution in [2.45, 2.75) is 50.1 Å². The standard InChI is InChI=1S/C12H20F2N2/c13-12(14)7-9-1-2-10(16-9)11(12)8-3-5-15-6-4-8/h8-11,15-16H,1-7H2. The smallest absolute Gasteiger partial charge is 0.254 e. The lowest BCUT2D eigenvalue weighted by Crippen LogP contribution is -2.55. The van der Waals surface area contributed by atoms with Gasteiger partial charge >= 0.3 is 0 Å². The summed E-state index contributed by atoms with van der Waals surface area (Å²) in [4.78, 5) is 0. The third-order valence-electron chi connectivity index (χ3n) is 4.61. The minimum Gasteiger partial charge on any atom is -0.317 e. The van der Waals surface area contributed by atoms with Crippen LogP contribution in [0.5, 0.6) is 0 Å². The van der Waals surface area contributed by atoms with E-state index in [0.717, 1.165) is 38.8 Å². The number of halogens is 2. The Kier molecular flexibility index (Phi) is 2.67. The van der Waals surface area contributed by atoms with E-state index in [1.165, 1.54) is 0 Å². The molecule has 3 heterocycles. The van der Waals surface area contributed by atoms with Gasteiger partial charge in [-0.15, -0.1) is 0 Å². The summed E-state index contributed by atoms with van der Waals surface area (Å²) < 4.78 is 28.3. The van der Waals surface area contributed by atoms with Gasteiger partial charge in [0.15, 0.2) is 0 Å². The first kappa shape index (κ1) is 10.9. The van der Waals surface area contributed by atoms with Gasteiger partial charge in [-0.05, 0) is 44.7 Å². The van der Waals surface area contributed by atoms with Gasteiger partial charge in [0.25, 0.3) is 5.92 Å². The molecule has 2 N–H and O–H groups in total. The van der Waals surface area contributed by atoms with Crippen molar-refractivity contribution in [3.8, 4) is 0 Å². The number of hydrogen-bond acceptors (Lipinski definition) is 2. The Balaban J connectivity index is 1.79. The van der Waals surface area contributed by atoms with Crippen LogP contribution in [0.4, 0.5) is 8.78 Å². The van der Waals surface area contributed by atoms with E-state index >= 15 is 0 Å². The van der Waals surface area contributed by atoms with Gasteiger partial charge in [0, 0.05) is 24.4 Å². The fraction of sp³-hybridized carbons (Fsp3) is 1.00. The van der Waals surface area contributed by atoms with Crippen molar-refractivity contribution in [1.29, 1.82) is 0 Å². The van der Waals surface area contributed by atoms with Gasteiger partial charge < -0.3 is 10.6 Å². The Morgan fingerprint density at radius 1 is 1.00 bits per heavy atom. The Hall–Kier alpha value is -0.220. The second-order valence-corrected chi connectivity index (χ2v) is 5.63. The van der Waals surface area contributed by atoms with Crippen LogP contribution in [0.3, 0.4) is 0 Å². The first-order valence-corrected chi connectivity index (χ1v) is 6.51. The number of rotatable bonds is 1. The highest BCUT2D eigenvalue weighted by atomic mass is 19.3. The number of alkyl halides is 2. The molecule has 3 aliphatic heterocycles. The highest BCUT2D eigenvalue weighted by Gasteiger charge is 2.55. The quantitative estimate of drug-likeness (QED) is 0.717. The van der Waals surface area contributed by atoms with E-state index in [2.05, 4.69) is 10.6 Å². The molecule has 4 heteroatoms. The van der Waals surface area contributed by atoms with Crippen molar-refractivity contribution >= 4 is 0 Å². The van der Waals surface area contributed by atoms with Crippen LogP contribution < -0.4 is 10.6 Å². The molecular formula is C12H20F2N2. The van der Waals surface area contributed by atoms with Crippen LogP contribution in [0.15, 0.2) is 0 Å². The molecule has 92 valence electrons. The largest absolute Gasteiger partial charge is 0.317 e. The van der Waals surface area contributed by atoms with Gasteiger partial charge in [0.2, 0.25) is 0 Å². The maximum atomic E-state index is 14.1. The van der Waals surface area contributed by atoms with E-state index in [0.29, 0.717) is 0 Å². The van der Waals surface area contributed by atoms with Crippen molar-refractivity contribution in [1.82, 2.24) is 10.6 Å². The number of fused-ring (bicyclic) bond motifs is 2. The van der Waals surface area contributed by atoms with Crippen molar-refractivity contribution < 1.29 is 8.78 Å². The van der Waals surface area contributed by atoms with Crippen LogP contribution in [0.25, 0.3) is 0 Å². The van der Waals surface area contributed by atoms with Crippen LogP contribution in [-0.2, 0) is 0 Å². The Morgan fingerprint density at radius 2 is 1.75 bits per heavy atom. The van der Waals surface area contributed by atoms with Crippen LogP contribution >= 0.6 is 0 Å². The third kappa shape index (κ3) is 1.76. The van der Waals surface area contributed by atoms with E-state index < -0.39 is 11.8 Å². The van der Waals surface area contributed by atoms with Crippen molar-refractivity contribution in [2.24, 2.45) is 11.8 Å². The minimum absolute atomic E-state index is 0.0676. The normalized spacial score (nSPS) is 43.5. The number of hydrogen-bond donors (Lipinski definition) is 2. The van der Waals surface area contributed by atoms with Crippen molar-refractivity contribution in [3.05, 3.63) is 0 Å². The summed E-state index contributed by atoms with van der Waals surface area (Å²) in [5.74, 6) is -2.62. The summed E-state index contributed by atoms with van der Waals surface area (Å²) in [6.07, 6.45) is 3.81. The Bertz CT molecular complexity index is 264. The predicted octanol–water partition coefficient (Wildman–Crippen LogP) is 1.76. The van der Waals surface area contributed by atoms with E-state index in [1.54, 1.807) is 0 Å². The molecule has 3 fully saturated rings. The predicted molar refractivity (Wildman–Crippen MR) is 58.6 cm³/mol. The maximum Gasteiger partial charge on any atom is 0.254 e. The van der Waals surface area contributed by atoms with Gasteiger partial charge in [-0.2, -0.15) is 0 Å². The molecular weight excluding hydrogens is 210 g/mol. The molecule has 0 aromatic heterocycles. The average Bonchev–Trinajstić information content (AvgIpc) is 2.62. The highest BCUT2D eigenvalue weighted by molar-refractivity contribution is 5.04. The zero-order valence-corrected chi connectivity index (χ0v) is 9.52. The van der Waals surface area contributed by atoms with E-state index in [9.17, 15) is 8.78 Å². The lowest BCUT2D eigenvalue weighted by Gasteiger charge is -2.43. The topological polar surface area (TPSA) is 24.1 Å². The number of nitrogens with one attached hydrogen (secondary N) is 2. The summed E-state index contributed by atoms with van der Waals surface area (Å²) in [5, 5.41) is 6.65.